The number of carbonyl (C=O) groups is 1. The molecule has 0 spiro atoms. The molecule has 0 aliphatic heterocycles. The third-order valence-electron chi connectivity index (χ3n) is 4.85. The van der Waals surface area contributed by atoms with Gasteiger partial charge in [0.15, 0.2) is 0 Å². The molecule has 0 aromatic heterocycles. The van der Waals surface area contributed by atoms with Crippen molar-refractivity contribution in [2.24, 2.45) is 11.7 Å². The van der Waals surface area contributed by atoms with Crippen molar-refractivity contribution >= 4 is 11.6 Å². The van der Waals surface area contributed by atoms with Crippen molar-refractivity contribution in [1.29, 1.82) is 0 Å². The van der Waals surface area contributed by atoms with Crippen LogP contribution >= 0.6 is 0 Å². The molecule has 0 saturated carbocycles. The molecule has 2 atom stereocenters. The summed E-state index contributed by atoms with van der Waals surface area (Å²) in [6, 6.07) is 6.42. The minimum absolute atomic E-state index is 0.0435. The molecule has 1 amide bonds. The van der Waals surface area contributed by atoms with Gasteiger partial charge in [-0.15, -0.1) is 0 Å². The van der Waals surface area contributed by atoms with Crippen molar-refractivity contribution in [2.75, 3.05) is 5.32 Å². The molecule has 0 heterocycles. The highest BCUT2D eigenvalue weighted by atomic mass is 16.1. The van der Waals surface area contributed by atoms with E-state index < -0.39 is 0 Å². The van der Waals surface area contributed by atoms with E-state index >= 15 is 0 Å². The van der Waals surface area contributed by atoms with Crippen LogP contribution < -0.4 is 11.1 Å². The van der Waals surface area contributed by atoms with Gasteiger partial charge in [0.1, 0.15) is 0 Å². The van der Waals surface area contributed by atoms with E-state index in [1.54, 1.807) is 6.92 Å². The number of anilines is 1. The highest BCUT2D eigenvalue weighted by Crippen LogP contribution is 2.34. The maximum atomic E-state index is 11.6. The second-order valence-electron chi connectivity index (χ2n) is 7.09. The summed E-state index contributed by atoms with van der Waals surface area (Å²) in [5.74, 6) is 0.936. The molecule has 136 valence electrons. The lowest BCUT2D eigenvalue weighted by molar-refractivity contribution is -0.114. The van der Waals surface area contributed by atoms with Crippen LogP contribution in [-0.4, -0.2) is 5.91 Å². The molecule has 0 fully saturated rings. The molecule has 3 nitrogen and oxygen atoms in total. The third kappa shape index (κ3) is 5.94. The van der Waals surface area contributed by atoms with Crippen LogP contribution in [0.4, 0.5) is 5.69 Å². The molecule has 0 aliphatic rings. The Balaban J connectivity index is 3.22. The Labute approximate surface area is 148 Å². The van der Waals surface area contributed by atoms with Crippen LogP contribution in [0.3, 0.4) is 0 Å². The van der Waals surface area contributed by atoms with Gasteiger partial charge in [-0.3, -0.25) is 4.79 Å². The van der Waals surface area contributed by atoms with E-state index in [1.165, 1.54) is 31.2 Å². The Hall–Kier alpha value is -1.35. The molecule has 0 radical (unpaired) electrons. The van der Waals surface area contributed by atoms with Crippen LogP contribution in [0, 0.1) is 5.92 Å². The van der Waals surface area contributed by atoms with Crippen LogP contribution in [0.15, 0.2) is 18.2 Å². The van der Waals surface area contributed by atoms with Crippen LogP contribution in [0.25, 0.3) is 0 Å². The average Bonchev–Trinajstić information content (AvgIpc) is 2.54. The summed E-state index contributed by atoms with van der Waals surface area (Å²) < 4.78 is 0. The Morgan fingerprint density at radius 3 is 2.17 bits per heavy atom. The van der Waals surface area contributed by atoms with Gasteiger partial charge < -0.3 is 11.1 Å². The second-order valence-corrected chi connectivity index (χ2v) is 7.09. The number of rotatable bonds is 10. The first-order valence-corrected chi connectivity index (χ1v) is 9.61. The number of benzene rings is 1. The molecule has 24 heavy (non-hydrogen) atoms. The summed E-state index contributed by atoms with van der Waals surface area (Å²) in [5, 5.41) is 2.96. The molecule has 1 rings (SSSR count). The molecule has 3 N–H and O–H groups in total. The summed E-state index contributed by atoms with van der Waals surface area (Å²) in [4.78, 5) is 11.6. The van der Waals surface area contributed by atoms with Crippen LogP contribution in [-0.2, 0) is 4.79 Å². The van der Waals surface area contributed by atoms with Crippen molar-refractivity contribution in [3.8, 4) is 0 Å². The van der Waals surface area contributed by atoms with Crippen LogP contribution in [0.2, 0.25) is 0 Å². The molecule has 0 bridgehead atoms. The molecule has 1 aromatic rings. The number of amides is 1. The van der Waals surface area contributed by atoms with Gasteiger partial charge in [-0.05, 0) is 48.3 Å². The molecule has 2 unspecified atom stereocenters. The van der Waals surface area contributed by atoms with Crippen molar-refractivity contribution < 1.29 is 4.79 Å². The Bertz CT molecular complexity index is 507. The summed E-state index contributed by atoms with van der Waals surface area (Å²) in [7, 11) is 0. The maximum Gasteiger partial charge on any atom is 0.221 e. The summed E-state index contributed by atoms with van der Waals surface area (Å²) >= 11 is 0. The minimum Gasteiger partial charge on any atom is -0.326 e. The molecule has 1 aromatic carbocycles. The fourth-order valence-corrected chi connectivity index (χ4v) is 3.53. The SMILES string of the molecule is CCCC(CCC)c1ccc(NC(C)=O)c(C(N)C(C)CCC)c1. The maximum absolute atomic E-state index is 11.6. The highest BCUT2D eigenvalue weighted by molar-refractivity contribution is 5.89. The van der Waals surface area contributed by atoms with Gasteiger partial charge >= 0.3 is 0 Å². The first-order valence-electron chi connectivity index (χ1n) is 9.61. The number of carbonyl (C=O) groups excluding carboxylic acids is 1. The van der Waals surface area contributed by atoms with Crippen molar-refractivity contribution in [3.63, 3.8) is 0 Å². The van der Waals surface area contributed by atoms with Crippen molar-refractivity contribution in [3.05, 3.63) is 29.3 Å². The van der Waals surface area contributed by atoms with E-state index in [-0.39, 0.29) is 11.9 Å². The number of nitrogens with one attached hydrogen (secondary N) is 1. The van der Waals surface area contributed by atoms with Gasteiger partial charge in [0, 0.05) is 18.7 Å². The quantitative estimate of drug-likeness (QED) is 0.572. The molecule has 0 saturated heterocycles. The first kappa shape index (κ1) is 20.7. The smallest absolute Gasteiger partial charge is 0.221 e. The van der Waals surface area contributed by atoms with Crippen molar-refractivity contribution in [1.82, 2.24) is 0 Å². The monoisotopic (exact) mass is 332 g/mol. The Morgan fingerprint density at radius 1 is 1.08 bits per heavy atom. The van der Waals surface area contributed by atoms with Gasteiger partial charge in [-0.2, -0.15) is 0 Å². The zero-order valence-electron chi connectivity index (χ0n) is 16.2. The van der Waals surface area contributed by atoms with Crippen molar-refractivity contribution in [2.45, 2.75) is 85.1 Å². The van der Waals surface area contributed by atoms with Gasteiger partial charge in [-0.1, -0.05) is 59.1 Å². The normalized spacial score (nSPS) is 13.8. The first-order chi connectivity index (χ1) is 11.4. The van der Waals surface area contributed by atoms with E-state index in [9.17, 15) is 4.79 Å². The lowest BCUT2D eigenvalue weighted by Crippen LogP contribution is -2.22. The van der Waals surface area contributed by atoms with Crippen LogP contribution in [0.1, 0.15) is 96.2 Å². The third-order valence-corrected chi connectivity index (χ3v) is 4.85. The van der Waals surface area contributed by atoms with Gasteiger partial charge in [0.25, 0.3) is 0 Å². The highest BCUT2D eigenvalue weighted by Gasteiger charge is 2.20. The predicted molar refractivity (Wildman–Crippen MR) is 104 cm³/mol. The van der Waals surface area contributed by atoms with E-state index in [0.717, 1.165) is 24.1 Å². The molecular weight excluding hydrogens is 296 g/mol. The molecular formula is C21H36N2O. The summed E-state index contributed by atoms with van der Waals surface area (Å²) in [6.45, 7) is 10.4. The van der Waals surface area contributed by atoms with E-state index in [0.29, 0.717) is 11.8 Å². The van der Waals surface area contributed by atoms with Gasteiger partial charge in [-0.25, -0.2) is 0 Å². The fraction of sp³-hybridized carbons (Fsp3) is 0.667. The van der Waals surface area contributed by atoms with E-state index in [1.807, 2.05) is 6.07 Å². The van der Waals surface area contributed by atoms with E-state index in [4.69, 9.17) is 5.73 Å². The minimum atomic E-state index is -0.0457. The predicted octanol–water partition coefficient (Wildman–Crippen LogP) is 5.76. The summed E-state index contributed by atoms with van der Waals surface area (Å²) in [5.41, 5.74) is 9.88. The lowest BCUT2D eigenvalue weighted by atomic mass is 9.85. The second kappa shape index (κ2) is 10.5. The summed E-state index contributed by atoms with van der Waals surface area (Å²) in [6.07, 6.45) is 6.99. The Kier molecular flexibility index (Phi) is 9.05. The van der Waals surface area contributed by atoms with Crippen LogP contribution in [0.5, 0.6) is 0 Å². The number of nitrogens with two attached hydrogens (primary N) is 1. The molecule has 0 aliphatic carbocycles. The number of hydrogen-bond acceptors (Lipinski definition) is 2. The zero-order chi connectivity index (χ0) is 18.1. The number of hydrogen-bond donors (Lipinski definition) is 2. The average molecular weight is 333 g/mol. The zero-order valence-corrected chi connectivity index (χ0v) is 16.2. The molecule has 3 heteroatoms. The standard InChI is InChI=1S/C21H36N2O/c1-6-9-15(4)21(22)19-14-18(17(10-7-2)11-8-3)12-13-20(19)23-16(5)24/h12-15,17,21H,6-11,22H2,1-5H3,(H,23,24). The topological polar surface area (TPSA) is 55.1 Å². The van der Waals surface area contributed by atoms with Gasteiger partial charge in [0.05, 0.1) is 0 Å². The van der Waals surface area contributed by atoms with Gasteiger partial charge in [0.2, 0.25) is 5.91 Å². The lowest BCUT2D eigenvalue weighted by Gasteiger charge is -2.25. The fourth-order valence-electron chi connectivity index (χ4n) is 3.53. The van der Waals surface area contributed by atoms with E-state index in [2.05, 4.69) is 45.1 Å². The Morgan fingerprint density at radius 2 is 1.67 bits per heavy atom. The largest absolute Gasteiger partial charge is 0.326 e.